The molecular weight excluding hydrogens is 643 g/mol. The second-order valence-corrected chi connectivity index (χ2v) is 13.1. The topological polar surface area (TPSA) is 113 Å². The van der Waals surface area contributed by atoms with E-state index in [2.05, 4.69) is 20.9 Å². The van der Waals surface area contributed by atoms with Crippen LogP contribution in [0.3, 0.4) is 0 Å². The number of carbonyl (C=O) groups is 3. The smallest absolute Gasteiger partial charge is 0.272 e. The van der Waals surface area contributed by atoms with E-state index in [-0.39, 0.29) is 11.6 Å². The average Bonchev–Trinajstić information content (AvgIpc) is 3.57. The molecule has 0 fully saturated rings. The molecule has 0 spiro atoms. The van der Waals surface area contributed by atoms with Gasteiger partial charge in [0.1, 0.15) is 11.4 Å². The number of nitrogens with one attached hydrogen (secondary N) is 3. The van der Waals surface area contributed by atoms with Gasteiger partial charge in [-0.2, -0.15) is 0 Å². The van der Waals surface area contributed by atoms with Crippen molar-refractivity contribution in [3.63, 3.8) is 0 Å². The Morgan fingerprint density at radius 1 is 0.896 bits per heavy atom. The van der Waals surface area contributed by atoms with Crippen LogP contribution in [0.25, 0.3) is 17.3 Å². The third kappa shape index (κ3) is 9.11. The van der Waals surface area contributed by atoms with Gasteiger partial charge >= 0.3 is 0 Å². The Labute approximate surface area is 288 Å². The lowest BCUT2D eigenvalue weighted by Gasteiger charge is -2.14. The van der Waals surface area contributed by atoms with Crippen molar-refractivity contribution in [2.45, 2.75) is 17.1 Å². The first-order valence-corrected chi connectivity index (χ1v) is 16.8. The molecule has 1 atom stereocenters. The van der Waals surface area contributed by atoms with Crippen LogP contribution in [0, 0.1) is 0 Å². The summed E-state index contributed by atoms with van der Waals surface area (Å²) in [5.41, 5.74) is 4.50. The van der Waals surface area contributed by atoms with Crippen molar-refractivity contribution in [2.75, 3.05) is 36.7 Å². The molecule has 0 saturated heterocycles. The van der Waals surface area contributed by atoms with Crippen LogP contribution in [0.2, 0.25) is 0 Å². The van der Waals surface area contributed by atoms with Crippen molar-refractivity contribution < 1.29 is 19.1 Å². The van der Waals surface area contributed by atoms with Gasteiger partial charge in [0.2, 0.25) is 5.91 Å². The number of aromatic nitrogens is 1. The van der Waals surface area contributed by atoms with Gasteiger partial charge in [-0.25, -0.2) is 4.98 Å². The van der Waals surface area contributed by atoms with Crippen LogP contribution in [0.4, 0.5) is 16.5 Å². The molecule has 3 N–H and O–H groups in total. The molecule has 4 aromatic carbocycles. The molecule has 5 rings (SSSR count). The van der Waals surface area contributed by atoms with Crippen molar-refractivity contribution in [3.8, 4) is 17.0 Å². The molecule has 0 aliphatic rings. The first-order valence-electron chi connectivity index (χ1n) is 15.0. The van der Waals surface area contributed by atoms with Gasteiger partial charge in [-0.3, -0.25) is 14.4 Å². The summed E-state index contributed by atoms with van der Waals surface area (Å²) in [7, 11) is 5.51. The standard InChI is InChI=1S/C37H35N5O4S2/c1-24(34(43)41-37-40-33(23-47-37)27-11-8-12-30(22-27)46-4)48-31-19-15-28(16-20-31)38-36(45)32(39-35(44)26-9-6-5-7-10-26)21-25-13-17-29(18-14-25)42(2)3/h5-24H,1-4H3,(H,38,45)(H,39,44)(H,40,41,43)/b32-21-. The molecule has 0 radical (unpaired) electrons. The monoisotopic (exact) mass is 677 g/mol. The number of thioether (sulfide) groups is 1. The fourth-order valence-corrected chi connectivity index (χ4v) is 6.09. The predicted octanol–water partition coefficient (Wildman–Crippen LogP) is 7.41. The Morgan fingerprint density at radius 2 is 1.62 bits per heavy atom. The van der Waals surface area contributed by atoms with E-state index in [1.54, 1.807) is 49.6 Å². The Balaban J connectivity index is 1.22. The largest absolute Gasteiger partial charge is 0.497 e. The van der Waals surface area contributed by atoms with E-state index in [1.165, 1.54) is 23.1 Å². The molecule has 1 heterocycles. The average molecular weight is 678 g/mol. The lowest BCUT2D eigenvalue weighted by atomic mass is 10.1. The van der Waals surface area contributed by atoms with Gasteiger partial charge < -0.3 is 25.6 Å². The van der Waals surface area contributed by atoms with E-state index < -0.39 is 17.1 Å². The maximum Gasteiger partial charge on any atom is 0.272 e. The second-order valence-electron chi connectivity index (χ2n) is 10.9. The van der Waals surface area contributed by atoms with Crippen LogP contribution >= 0.6 is 23.1 Å². The first kappa shape index (κ1) is 34.0. The predicted molar refractivity (Wildman–Crippen MR) is 196 cm³/mol. The van der Waals surface area contributed by atoms with Crippen LogP contribution in [0.5, 0.6) is 5.75 Å². The highest BCUT2D eigenvalue weighted by molar-refractivity contribution is 8.00. The molecule has 1 unspecified atom stereocenters. The Kier molecular flexibility index (Phi) is 11.3. The Hall–Kier alpha value is -5.39. The third-order valence-corrected chi connectivity index (χ3v) is 9.01. The summed E-state index contributed by atoms with van der Waals surface area (Å²) < 4.78 is 5.30. The normalized spacial score (nSPS) is 11.7. The lowest BCUT2D eigenvalue weighted by molar-refractivity contribution is -0.115. The van der Waals surface area contributed by atoms with Gasteiger partial charge in [0, 0.05) is 46.9 Å². The number of rotatable bonds is 12. The van der Waals surface area contributed by atoms with Gasteiger partial charge in [-0.05, 0) is 79.2 Å². The summed E-state index contributed by atoms with van der Waals surface area (Å²) in [5.74, 6) is -0.304. The van der Waals surface area contributed by atoms with Crippen LogP contribution in [0.1, 0.15) is 22.8 Å². The highest BCUT2D eigenvalue weighted by Gasteiger charge is 2.18. The van der Waals surface area contributed by atoms with Crippen molar-refractivity contribution in [3.05, 3.63) is 125 Å². The van der Waals surface area contributed by atoms with E-state index >= 15 is 0 Å². The van der Waals surface area contributed by atoms with Crippen molar-refractivity contribution in [1.29, 1.82) is 0 Å². The van der Waals surface area contributed by atoms with Crippen LogP contribution in [0.15, 0.2) is 119 Å². The Bertz CT molecular complexity index is 1910. The number of methoxy groups -OCH3 is 1. The van der Waals surface area contributed by atoms with Crippen molar-refractivity contribution in [1.82, 2.24) is 10.3 Å². The number of benzene rings is 4. The Morgan fingerprint density at radius 3 is 2.31 bits per heavy atom. The summed E-state index contributed by atoms with van der Waals surface area (Å²) in [5, 5.41) is 10.5. The molecule has 9 nitrogen and oxygen atoms in total. The molecule has 11 heteroatoms. The summed E-state index contributed by atoms with van der Waals surface area (Å²) in [6.07, 6.45) is 1.64. The highest BCUT2D eigenvalue weighted by Crippen LogP contribution is 2.29. The van der Waals surface area contributed by atoms with Crippen LogP contribution in [-0.2, 0) is 9.59 Å². The fraction of sp³-hybridized carbons (Fsp3) is 0.135. The molecule has 1 aromatic heterocycles. The SMILES string of the molecule is COc1cccc(-c2csc(NC(=O)C(C)Sc3ccc(NC(=O)/C(=C/c4ccc(N(C)C)cc4)NC(=O)c4ccccc4)cc3)n2)c1. The van der Waals surface area contributed by atoms with E-state index in [4.69, 9.17) is 4.74 Å². The van der Waals surface area contributed by atoms with E-state index in [1.807, 2.05) is 98.0 Å². The van der Waals surface area contributed by atoms with Crippen LogP contribution in [-0.4, -0.2) is 49.2 Å². The summed E-state index contributed by atoms with van der Waals surface area (Å²) >= 11 is 2.75. The highest BCUT2D eigenvalue weighted by atomic mass is 32.2. The minimum Gasteiger partial charge on any atom is -0.497 e. The maximum absolute atomic E-state index is 13.4. The second kappa shape index (κ2) is 15.9. The molecule has 0 aliphatic heterocycles. The van der Waals surface area contributed by atoms with Gasteiger partial charge in [-0.15, -0.1) is 23.1 Å². The van der Waals surface area contributed by atoms with Gasteiger partial charge in [-0.1, -0.05) is 42.5 Å². The van der Waals surface area contributed by atoms with Gasteiger partial charge in [0.15, 0.2) is 5.13 Å². The molecule has 0 saturated carbocycles. The molecule has 0 bridgehead atoms. The number of carbonyl (C=O) groups excluding carboxylic acids is 3. The number of hydrogen-bond donors (Lipinski definition) is 3. The summed E-state index contributed by atoms with van der Waals surface area (Å²) in [6, 6.07) is 31.1. The minimum atomic E-state index is -0.471. The van der Waals surface area contributed by atoms with E-state index in [0.717, 1.165) is 33.2 Å². The fourth-order valence-electron chi connectivity index (χ4n) is 4.50. The molecular formula is C37H35N5O4S2. The van der Waals surface area contributed by atoms with Crippen molar-refractivity contribution >= 4 is 63.4 Å². The van der Waals surface area contributed by atoms with E-state index in [0.29, 0.717) is 16.4 Å². The first-order chi connectivity index (χ1) is 23.2. The molecule has 3 amide bonds. The molecule has 0 aliphatic carbocycles. The minimum absolute atomic E-state index is 0.0990. The number of thiazole rings is 1. The summed E-state index contributed by atoms with van der Waals surface area (Å²) in [6.45, 7) is 1.82. The van der Waals surface area contributed by atoms with Gasteiger partial charge in [0.25, 0.3) is 11.8 Å². The third-order valence-electron chi connectivity index (χ3n) is 7.14. The zero-order valence-corrected chi connectivity index (χ0v) is 28.5. The maximum atomic E-state index is 13.4. The zero-order valence-electron chi connectivity index (χ0n) is 26.9. The molecule has 5 aromatic rings. The quantitative estimate of drug-likeness (QED) is 0.0931. The zero-order chi connectivity index (χ0) is 34.0. The number of nitrogens with zero attached hydrogens (tertiary/aromatic N) is 2. The summed E-state index contributed by atoms with van der Waals surface area (Å²) in [4.78, 5) is 46.8. The molecule has 48 heavy (non-hydrogen) atoms. The lowest BCUT2D eigenvalue weighted by Crippen LogP contribution is -2.30. The van der Waals surface area contributed by atoms with Gasteiger partial charge in [0.05, 0.1) is 18.1 Å². The number of amides is 3. The van der Waals surface area contributed by atoms with Crippen LogP contribution < -0.4 is 25.6 Å². The molecule has 244 valence electrons. The number of ether oxygens (including phenoxy) is 1. The van der Waals surface area contributed by atoms with Crippen molar-refractivity contribution in [2.24, 2.45) is 0 Å². The number of anilines is 3. The van der Waals surface area contributed by atoms with E-state index in [9.17, 15) is 14.4 Å². The number of hydrogen-bond acceptors (Lipinski definition) is 8.